The van der Waals surface area contributed by atoms with E-state index in [1.54, 1.807) is 0 Å². The summed E-state index contributed by atoms with van der Waals surface area (Å²) in [4.78, 5) is 12.0. The maximum Gasteiger partial charge on any atom is 0.234 e. The minimum absolute atomic E-state index is 0.0934. The van der Waals surface area contributed by atoms with E-state index >= 15 is 0 Å². The van der Waals surface area contributed by atoms with Crippen molar-refractivity contribution in [2.45, 2.75) is 97.3 Å². The Kier molecular flexibility index (Phi) is 26.6. The Morgan fingerprint density at radius 3 is 1.22 bits per heavy atom. The predicted molar refractivity (Wildman–Crippen MR) is 143 cm³/mol. The number of ether oxygens (including phenoxy) is 6. The topological polar surface area (TPSA) is 111 Å². The first-order valence-corrected chi connectivity index (χ1v) is 14.1. The van der Waals surface area contributed by atoms with Gasteiger partial charge in [0.2, 0.25) is 5.91 Å². The number of unbranched alkanes of at least 4 members (excludes halogenated alkanes) is 4. The molecule has 36 heavy (non-hydrogen) atoms. The predicted octanol–water partition coefficient (Wildman–Crippen LogP) is 3.47. The lowest BCUT2D eigenvalue weighted by molar-refractivity contribution is -0.124. The van der Waals surface area contributed by atoms with Crippen molar-refractivity contribution in [2.24, 2.45) is 5.73 Å². The van der Waals surface area contributed by atoms with Gasteiger partial charge in [0.05, 0.1) is 52.2 Å². The minimum atomic E-state index is -0.358. The van der Waals surface area contributed by atoms with Crippen LogP contribution in [0.25, 0.3) is 0 Å². The fraction of sp³-hybridized carbons (Fsp3) is 0.963. The summed E-state index contributed by atoms with van der Waals surface area (Å²) >= 11 is 0. The van der Waals surface area contributed by atoms with Crippen molar-refractivity contribution >= 4 is 5.91 Å². The van der Waals surface area contributed by atoms with Gasteiger partial charge in [0.25, 0.3) is 0 Å². The van der Waals surface area contributed by atoms with Crippen LogP contribution in [0.5, 0.6) is 0 Å². The molecular formula is C27H56N2O7. The molecule has 0 fully saturated rings. The summed E-state index contributed by atoms with van der Waals surface area (Å²) in [6, 6.07) is -0.358. The van der Waals surface area contributed by atoms with E-state index in [1.807, 2.05) is 0 Å². The fourth-order valence-corrected chi connectivity index (χ4v) is 3.06. The molecule has 0 aromatic carbocycles. The molecule has 0 aliphatic rings. The second-order valence-electron chi connectivity index (χ2n) is 9.09. The lowest BCUT2D eigenvalue weighted by Gasteiger charge is -2.25. The second kappa shape index (κ2) is 27.2. The zero-order valence-electron chi connectivity index (χ0n) is 23.6. The van der Waals surface area contributed by atoms with E-state index in [2.05, 4.69) is 33.0 Å². The van der Waals surface area contributed by atoms with Crippen LogP contribution in [-0.4, -0.2) is 96.8 Å². The van der Waals surface area contributed by atoms with E-state index in [1.165, 1.54) is 0 Å². The second-order valence-corrected chi connectivity index (χ2v) is 9.09. The first-order valence-electron chi connectivity index (χ1n) is 14.1. The number of hydrogen-bond acceptors (Lipinski definition) is 8. The van der Waals surface area contributed by atoms with E-state index in [-0.39, 0.29) is 43.9 Å². The van der Waals surface area contributed by atoms with Crippen molar-refractivity contribution in [1.82, 2.24) is 5.32 Å². The summed E-state index contributed by atoms with van der Waals surface area (Å²) in [6.45, 7) is 13.5. The molecule has 3 N–H and O–H groups in total. The molecule has 0 atom stereocenters. The maximum atomic E-state index is 12.0. The number of nitrogens with one attached hydrogen (secondary N) is 1. The van der Waals surface area contributed by atoms with E-state index in [9.17, 15) is 4.79 Å². The summed E-state index contributed by atoms with van der Waals surface area (Å²) in [5, 5.41) is 2.91. The summed E-state index contributed by atoms with van der Waals surface area (Å²) in [6.07, 6.45) is 7.90. The van der Waals surface area contributed by atoms with Crippen LogP contribution in [0.3, 0.4) is 0 Å². The van der Waals surface area contributed by atoms with Gasteiger partial charge in [-0.1, -0.05) is 53.4 Å². The average Bonchev–Trinajstić information content (AvgIpc) is 2.89. The summed E-state index contributed by atoms with van der Waals surface area (Å²) in [5.74, 6) is -0.253. The van der Waals surface area contributed by atoms with Crippen LogP contribution < -0.4 is 11.1 Å². The molecule has 0 aliphatic carbocycles. The van der Waals surface area contributed by atoms with Crippen molar-refractivity contribution < 1.29 is 33.2 Å². The molecule has 0 saturated carbocycles. The third-order valence-electron chi connectivity index (χ3n) is 5.40. The normalized spacial score (nSPS) is 11.8. The van der Waals surface area contributed by atoms with Crippen LogP contribution in [-0.2, 0) is 33.2 Å². The summed E-state index contributed by atoms with van der Waals surface area (Å²) in [5.41, 5.74) is 5.54. The lowest BCUT2D eigenvalue weighted by atomic mass is 10.3. The monoisotopic (exact) mass is 520 g/mol. The SMILES string of the molecule is CCCCOCC(COCCCC)OCC(COC(COCCCC)COCCCC)NC(=O)CN. The molecule has 0 heterocycles. The molecule has 0 radical (unpaired) electrons. The third-order valence-corrected chi connectivity index (χ3v) is 5.40. The van der Waals surface area contributed by atoms with Crippen molar-refractivity contribution in [1.29, 1.82) is 0 Å². The number of carbonyl (C=O) groups excluding carboxylic acids is 1. The number of amides is 1. The lowest BCUT2D eigenvalue weighted by Crippen LogP contribution is -2.46. The number of nitrogens with two attached hydrogens (primary N) is 1. The van der Waals surface area contributed by atoms with Gasteiger partial charge in [-0.2, -0.15) is 0 Å². The van der Waals surface area contributed by atoms with Crippen molar-refractivity contribution in [3.8, 4) is 0 Å². The van der Waals surface area contributed by atoms with E-state index in [4.69, 9.17) is 34.2 Å². The quantitative estimate of drug-likeness (QED) is 0.151. The largest absolute Gasteiger partial charge is 0.379 e. The number of carbonyl (C=O) groups is 1. The Bertz CT molecular complexity index is 415. The van der Waals surface area contributed by atoms with Gasteiger partial charge in [-0.25, -0.2) is 0 Å². The number of rotatable bonds is 28. The van der Waals surface area contributed by atoms with Gasteiger partial charge in [0, 0.05) is 26.4 Å². The Morgan fingerprint density at radius 2 is 0.944 bits per heavy atom. The summed E-state index contributed by atoms with van der Waals surface area (Å²) < 4.78 is 35.4. The fourth-order valence-electron chi connectivity index (χ4n) is 3.06. The van der Waals surface area contributed by atoms with Crippen molar-refractivity contribution in [3.63, 3.8) is 0 Å². The van der Waals surface area contributed by atoms with Gasteiger partial charge < -0.3 is 39.5 Å². The molecule has 9 heteroatoms. The molecule has 0 rings (SSSR count). The van der Waals surface area contributed by atoms with Crippen LogP contribution in [0.15, 0.2) is 0 Å². The molecule has 0 bridgehead atoms. The first-order chi connectivity index (χ1) is 17.6. The highest BCUT2D eigenvalue weighted by Crippen LogP contribution is 2.04. The zero-order chi connectivity index (χ0) is 26.7. The van der Waals surface area contributed by atoms with Crippen LogP contribution in [0.1, 0.15) is 79.1 Å². The maximum absolute atomic E-state index is 12.0. The van der Waals surface area contributed by atoms with E-state index in [0.29, 0.717) is 52.9 Å². The molecule has 0 aliphatic heterocycles. The van der Waals surface area contributed by atoms with Gasteiger partial charge in [-0.15, -0.1) is 0 Å². The van der Waals surface area contributed by atoms with Gasteiger partial charge in [-0.3, -0.25) is 4.79 Å². The van der Waals surface area contributed by atoms with E-state index in [0.717, 1.165) is 51.4 Å². The molecule has 0 saturated heterocycles. The highest BCUT2D eigenvalue weighted by atomic mass is 16.6. The third kappa shape index (κ3) is 22.4. The van der Waals surface area contributed by atoms with Gasteiger partial charge in [0.1, 0.15) is 12.2 Å². The standard InChI is InChI=1S/C27H56N2O7/c1-5-9-13-31-20-25(21-32-14-10-6-2)35-18-24(29-27(30)17-28)19-36-26(22-33-15-11-7-3)23-34-16-12-8-4/h24-26H,5-23,28H2,1-4H3,(H,29,30). The highest BCUT2D eigenvalue weighted by Gasteiger charge is 2.19. The Balaban J connectivity index is 4.88. The van der Waals surface area contributed by atoms with Gasteiger partial charge in [0.15, 0.2) is 0 Å². The molecule has 1 amide bonds. The average molecular weight is 521 g/mol. The highest BCUT2D eigenvalue weighted by molar-refractivity contribution is 5.78. The molecule has 9 nitrogen and oxygen atoms in total. The molecule has 0 aromatic heterocycles. The Hall–Kier alpha value is -0.810. The van der Waals surface area contributed by atoms with Gasteiger partial charge in [-0.05, 0) is 25.7 Å². The molecule has 0 spiro atoms. The zero-order valence-corrected chi connectivity index (χ0v) is 23.6. The Morgan fingerprint density at radius 1 is 0.611 bits per heavy atom. The smallest absolute Gasteiger partial charge is 0.234 e. The molecule has 0 aromatic rings. The molecule has 216 valence electrons. The van der Waals surface area contributed by atoms with Crippen LogP contribution >= 0.6 is 0 Å². The van der Waals surface area contributed by atoms with Crippen LogP contribution in [0.2, 0.25) is 0 Å². The minimum Gasteiger partial charge on any atom is -0.379 e. The van der Waals surface area contributed by atoms with Crippen molar-refractivity contribution in [3.05, 3.63) is 0 Å². The first kappa shape index (κ1) is 35.2. The summed E-state index contributed by atoms with van der Waals surface area (Å²) in [7, 11) is 0. The molecular weight excluding hydrogens is 464 g/mol. The van der Waals surface area contributed by atoms with Crippen molar-refractivity contribution in [2.75, 3.05) is 72.6 Å². The van der Waals surface area contributed by atoms with Crippen LogP contribution in [0, 0.1) is 0 Å². The number of hydrogen-bond donors (Lipinski definition) is 2. The van der Waals surface area contributed by atoms with E-state index < -0.39 is 0 Å². The van der Waals surface area contributed by atoms with Crippen LogP contribution in [0.4, 0.5) is 0 Å². The molecule has 0 unspecified atom stereocenters. The Labute approximate surface area is 220 Å². The van der Waals surface area contributed by atoms with Gasteiger partial charge >= 0.3 is 0 Å².